The van der Waals surface area contributed by atoms with Crippen molar-refractivity contribution in [2.75, 3.05) is 13.1 Å². The topological polar surface area (TPSA) is 57.7 Å². The summed E-state index contributed by atoms with van der Waals surface area (Å²) in [4.78, 5) is 40.2. The van der Waals surface area contributed by atoms with Gasteiger partial charge in [0.1, 0.15) is 12.6 Å². The minimum Gasteiger partial charge on any atom is -0.311 e. The van der Waals surface area contributed by atoms with Crippen molar-refractivity contribution in [3.63, 3.8) is 0 Å². The van der Waals surface area contributed by atoms with E-state index < -0.39 is 18.1 Å². The van der Waals surface area contributed by atoms with Gasteiger partial charge in [0.2, 0.25) is 0 Å². The zero-order valence-corrected chi connectivity index (χ0v) is 17.1. The molecule has 0 aromatic heterocycles. The van der Waals surface area contributed by atoms with Gasteiger partial charge < -0.3 is 19.4 Å². The lowest BCUT2D eigenvalue weighted by Gasteiger charge is -2.35. The summed E-state index contributed by atoms with van der Waals surface area (Å²) in [6.07, 6.45) is 5.48. The molecule has 2 rings (SSSR count). The highest BCUT2D eigenvalue weighted by Crippen LogP contribution is 2.15. The first-order valence-electron chi connectivity index (χ1n) is 9.92. The van der Waals surface area contributed by atoms with Crippen molar-refractivity contribution in [3.8, 4) is 0 Å². The molecule has 0 aliphatic rings. The third-order valence-corrected chi connectivity index (χ3v) is 4.83. The predicted octanol–water partition coefficient (Wildman–Crippen LogP) is 3.70. The molecule has 0 aliphatic carbocycles. The van der Waals surface area contributed by atoms with Gasteiger partial charge in [-0.25, -0.2) is 4.79 Å². The van der Waals surface area contributed by atoms with E-state index in [1.54, 1.807) is 12.2 Å². The van der Waals surface area contributed by atoms with Crippen LogP contribution in [0.1, 0.15) is 11.1 Å². The lowest BCUT2D eigenvalue weighted by atomic mass is 10.0. The largest absolute Gasteiger partial charge is 0.321 e. The van der Waals surface area contributed by atoms with Gasteiger partial charge >= 0.3 is 6.03 Å². The molecule has 0 saturated carbocycles. The van der Waals surface area contributed by atoms with Gasteiger partial charge in [-0.15, -0.1) is 13.2 Å². The minimum absolute atomic E-state index is 0.194. The number of hydrogen-bond acceptors (Lipinski definition) is 3. The molecule has 0 radical (unpaired) electrons. The second kappa shape index (κ2) is 12.2. The zero-order valence-electron chi connectivity index (χ0n) is 17.1. The van der Waals surface area contributed by atoms with Crippen LogP contribution in [0.25, 0.3) is 0 Å². The van der Waals surface area contributed by atoms with Crippen LogP contribution in [0.4, 0.5) is 4.79 Å². The summed E-state index contributed by atoms with van der Waals surface area (Å²) in [5.74, 6) is 0. The van der Waals surface area contributed by atoms with E-state index in [-0.39, 0.29) is 13.1 Å². The van der Waals surface area contributed by atoms with E-state index in [0.717, 1.165) is 23.7 Å². The molecule has 2 aromatic rings. The van der Waals surface area contributed by atoms with Gasteiger partial charge in [0.25, 0.3) is 0 Å². The molecule has 0 fully saturated rings. The standard InChI is InChI=1S/C25H28N2O3/c1-3-15-26(23(19-28)17-21-11-7-5-8-12-21)25(30)27(16-4-2)24(20-29)18-22-13-9-6-10-14-22/h3-14,19-20,23-24H,1-2,15-18H2. The molecule has 2 aromatic carbocycles. The molecule has 30 heavy (non-hydrogen) atoms. The van der Waals surface area contributed by atoms with Crippen LogP contribution < -0.4 is 0 Å². The van der Waals surface area contributed by atoms with Gasteiger partial charge in [0.15, 0.2) is 0 Å². The zero-order chi connectivity index (χ0) is 21.8. The fourth-order valence-electron chi connectivity index (χ4n) is 3.33. The summed E-state index contributed by atoms with van der Waals surface area (Å²) < 4.78 is 0. The number of carbonyl (C=O) groups is 3. The second-order valence-electron chi connectivity index (χ2n) is 6.95. The van der Waals surface area contributed by atoms with Crippen molar-refractivity contribution in [1.29, 1.82) is 0 Å². The van der Waals surface area contributed by atoms with Gasteiger partial charge in [0.05, 0.1) is 12.1 Å². The molecule has 5 heteroatoms. The van der Waals surface area contributed by atoms with Gasteiger partial charge in [0, 0.05) is 13.1 Å². The third kappa shape index (κ3) is 6.27. The maximum Gasteiger partial charge on any atom is 0.321 e. The Morgan fingerprint density at radius 3 is 1.40 bits per heavy atom. The minimum atomic E-state index is -0.672. The molecule has 2 amide bonds. The maximum absolute atomic E-state index is 13.4. The summed E-state index contributed by atoms with van der Waals surface area (Å²) >= 11 is 0. The van der Waals surface area contributed by atoms with Crippen LogP contribution in [0, 0.1) is 0 Å². The molecular formula is C25H28N2O3. The normalized spacial score (nSPS) is 12.3. The Bertz CT molecular complexity index is 766. The van der Waals surface area contributed by atoms with Crippen LogP contribution in [0.3, 0.4) is 0 Å². The lowest BCUT2D eigenvalue weighted by molar-refractivity contribution is -0.112. The van der Waals surface area contributed by atoms with Gasteiger partial charge in [-0.05, 0) is 24.0 Å². The van der Waals surface area contributed by atoms with Crippen LogP contribution in [-0.2, 0) is 22.4 Å². The van der Waals surface area contributed by atoms with E-state index in [9.17, 15) is 14.4 Å². The first-order chi connectivity index (χ1) is 14.6. The number of benzene rings is 2. The van der Waals surface area contributed by atoms with Crippen molar-refractivity contribution >= 4 is 18.6 Å². The van der Waals surface area contributed by atoms with E-state index in [4.69, 9.17) is 0 Å². The summed E-state index contributed by atoms with van der Waals surface area (Å²) in [5, 5.41) is 0. The van der Waals surface area contributed by atoms with E-state index >= 15 is 0 Å². The fourth-order valence-corrected chi connectivity index (χ4v) is 3.33. The van der Waals surface area contributed by atoms with Crippen molar-refractivity contribution < 1.29 is 14.4 Å². The highest BCUT2D eigenvalue weighted by molar-refractivity contribution is 5.82. The summed E-state index contributed by atoms with van der Waals surface area (Å²) in [7, 11) is 0. The number of aldehydes is 2. The molecule has 0 saturated heterocycles. The monoisotopic (exact) mass is 404 g/mol. The Kier molecular flexibility index (Phi) is 9.25. The molecule has 156 valence electrons. The van der Waals surface area contributed by atoms with Crippen molar-refractivity contribution in [2.45, 2.75) is 24.9 Å². The van der Waals surface area contributed by atoms with Crippen LogP contribution in [0.2, 0.25) is 0 Å². The molecule has 0 heterocycles. The molecular weight excluding hydrogens is 376 g/mol. The number of nitrogens with zero attached hydrogens (tertiary/aromatic N) is 2. The van der Waals surface area contributed by atoms with Crippen molar-refractivity contribution in [1.82, 2.24) is 9.80 Å². The third-order valence-electron chi connectivity index (χ3n) is 4.83. The molecule has 0 aliphatic heterocycles. The molecule has 0 spiro atoms. The first-order valence-corrected chi connectivity index (χ1v) is 9.92. The number of urea groups is 1. The lowest BCUT2D eigenvalue weighted by Crippen LogP contribution is -2.53. The summed E-state index contributed by atoms with van der Waals surface area (Å²) in [6, 6.07) is 17.3. The number of carbonyl (C=O) groups excluding carboxylic acids is 3. The van der Waals surface area contributed by atoms with Crippen LogP contribution in [0.15, 0.2) is 86.0 Å². The molecule has 5 nitrogen and oxygen atoms in total. The Morgan fingerprint density at radius 2 is 1.10 bits per heavy atom. The highest BCUT2D eigenvalue weighted by Gasteiger charge is 2.30. The van der Waals surface area contributed by atoms with Crippen molar-refractivity contribution in [2.24, 2.45) is 0 Å². The van der Waals surface area contributed by atoms with Crippen LogP contribution in [-0.4, -0.2) is 53.6 Å². The Hall–Kier alpha value is -3.47. The molecule has 0 N–H and O–H groups in total. The number of amides is 2. The number of hydrogen-bond donors (Lipinski definition) is 0. The highest BCUT2D eigenvalue weighted by atomic mass is 16.2. The fraction of sp³-hybridized carbons (Fsp3) is 0.240. The average Bonchev–Trinajstić information content (AvgIpc) is 2.79. The van der Waals surface area contributed by atoms with Gasteiger partial charge in [-0.3, -0.25) is 0 Å². The average molecular weight is 405 g/mol. The second-order valence-corrected chi connectivity index (χ2v) is 6.95. The summed E-state index contributed by atoms with van der Waals surface area (Å²) in [6.45, 7) is 7.84. The number of rotatable bonds is 12. The van der Waals surface area contributed by atoms with E-state index in [0.29, 0.717) is 12.8 Å². The smallest absolute Gasteiger partial charge is 0.311 e. The van der Waals surface area contributed by atoms with Crippen LogP contribution >= 0.6 is 0 Å². The quantitative estimate of drug-likeness (QED) is 0.400. The SMILES string of the molecule is C=CCN(C(=O)N(CC=C)C(C=O)Cc1ccccc1)C(C=O)Cc1ccccc1. The van der Waals surface area contributed by atoms with E-state index in [2.05, 4.69) is 13.2 Å². The predicted molar refractivity (Wildman–Crippen MR) is 119 cm³/mol. The van der Waals surface area contributed by atoms with Crippen molar-refractivity contribution in [3.05, 3.63) is 97.1 Å². The first kappa shape index (κ1) is 22.8. The van der Waals surface area contributed by atoms with Gasteiger partial charge in [-0.1, -0.05) is 72.8 Å². The van der Waals surface area contributed by atoms with Crippen LogP contribution in [0.5, 0.6) is 0 Å². The Labute approximate surface area is 178 Å². The van der Waals surface area contributed by atoms with Gasteiger partial charge in [-0.2, -0.15) is 0 Å². The van der Waals surface area contributed by atoms with E-state index in [1.807, 2.05) is 60.7 Å². The molecule has 2 atom stereocenters. The summed E-state index contributed by atoms with van der Waals surface area (Å²) in [5.41, 5.74) is 1.89. The Morgan fingerprint density at radius 1 is 0.733 bits per heavy atom. The van der Waals surface area contributed by atoms with E-state index in [1.165, 1.54) is 9.80 Å². The molecule has 2 unspecified atom stereocenters. The molecule has 0 bridgehead atoms. The Balaban J connectivity index is 2.28. The maximum atomic E-state index is 13.4.